The van der Waals surface area contributed by atoms with E-state index in [2.05, 4.69) is 4.74 Å². The summed E-state index contributed by atoms with van der Waals surface area (Å²) in [5.41, 5.74) is 6.17. The first-order valence-electron chi connectivity index (χ1n) is 4.28. The Morgan fingerprint density at radius 1 is 1.43 bits per heavy atom. The first kappa shape index (κ1) is 12.8. The van der Waals surface area contributed by atoms with Gasteiger partial charge in [-0.15, -0.1) is 0 Å². The molecule has 1 aromatic rings. The highest BCUT2D eigenvalue weighted by Crippen LogP contribution is 2.18. The van der Waals surface area contributed by atoms with E-state index in [1.54, 1.807) is 12.1 Å². The average molecular weight is 216 g/mol. The van der Waals surface area contributed by atoms with Crippen LogP contribution in [-0.4, -0.2) is 13.1 Å². The van der Waals surface area contributed by atoms with E-state index < -0.39 is 5.97 Å². The first-order chi connectivity index (χ1) is 6.65. The summed E-state index contributed by atoms with van der Waals surface area (Å²) >= 11 is 5.65. The molecule has 2 N–H and O–H groups in total. The van der Waals surface area contributed by atoms with Crippen LogP contribution in [0.4, 0.5) is 5.69 Å². The zero-order chi connectivity index (χ0) is 11.1. The van der Waals surface area contributed by atoms with Crippen molar-refractivity contribution < 1.29 is 9.53 Å². The summed E-state index contributed by atoms with van der Waals surface area (Å²) in [5.74, 6) is -0.477. The van der Waals surface area contributed by atoms with Crippen molar-refractivity contribution in [2.24, 2.45) is 0 Å². The normalized spacial score (nSPS) is 8.57. The topological polar surface area (TPSA) is 52.3 Å². The number of rotatable bonds is 1. The fourth-order valence-corrected chi connectivity index (χ4v) is 0.987. The number of hydrogen-bond acceptors (Lipinski definition) is 3. The Labute approximate surface area is 88.8 Å². The second-order valence-corrected chi connectivity index (χ2v) is 2.66. The lowest BCUT2D eigenvalue weighted by atomic mass is 10.2. The van der Waals surface area contributed by atoms with Crippen LogP contribution in [0.5, 0.6) is 0 Å². The van der Waals surface area contributed by atoms with Crippen LogP contribution in [0, 0.1) is 0 Å². The van der Waals surface area contributed by atoms with Crippen molar-refractivity contribution in [2.45, 2.75) is 13.8 Å². The summed E-state index contributed by atoms with van der Waals surface area (Å²) in [7, 11) is 1.29. The van der Waals surface area contributed by atoms with Gasteiger partial charge in [0.25, 0.3) is 0 Å². The third kappa shape index (κ3) is 3.26. The minimum atomic E-state index is -0.477. The van der Waals surface area contributed by atoms with Gasteiger partial charge in [0.1, 0.15) is 0 Å². The molecule has 0 unspecified atom stereocenters. The van der Waals surface area contributed by atoms with Crippen molar-refractivity contribution in [3.05, 3.63) is 28.8 Å². The molecule has 78 valence electrons. The van der Waals surface area contributed by atoms with Crippen molar-refractivity contribution in [1.82, 2.24) is 0 Å². The van der Waals surface area contributed by atoms with E-state index in [1.165, 1.54) is 13.2 Å². The smallest absolute Gasteiger partial charge is 0.340 e. The maximum Gasteiger partial charge on any atom is 0.340 e. The molecule has 0 radical (unpaired) electrons. The lowest BCUT2D eigenvalue weighted by Crippen LogP contribution is -2.05. The SMILES string of the molecule is CC.COC(=O)c1cc(Cl)ccc1N. The van der Waals surface area contributed by atoms with Gasteiger partial charge in [0.05, 0.1) is 12.7 Å². The van der Waals surface area contributed by atoms with E-state index in [0.717, 1.165) is 0 Å². The summed E-state index contributed by atoms with van der Waals surface area (Å²) < 4.78 is 4.49. The van der Waals surface area contributed by atoms with Crippen LogP contribution in [0.1, 0.15) is 24.2 Å². The molecule has 0 atom stereocenters. The van der Waals surface area contributed by atoms with Gasteiger partial charge < -0.3 is 10.5 Å². The van der Waals surface area contributed by atoms with Crippen LogP contribution in [0.25, 0.3) is 0 Å². The molecule has 0 aliphatic heterocycles. The van der Waals surface area contributed by atoms with Crippen LogP contribution < -0.4 is 5.73 Å². The number of halogens is 1. The molecule has 1 aromatic carbocycles. The molecule has 0 aliphatic carbocycles. The summed E-state index contributed by atoms with van der Waals surface area (Å²) in [6.07, 6.45) is 0. The number of benzene rings is 1. The zero-order valence-corrected chi connectivity index (χ0v) is 9.26. The van der Waals surface area contributed by atoms with E-state index in [-0.39, 0.29) is 0 Å². The highest BCUT2D eigenvalue weighted by molar-refractivity contribution is 6.31. The molecule has 3 nitrogen and oxygen atoms in total. The molecule has 0 spiro atoms. The minimum Gasteiger partial charge on any atom is -0.465 e. The zero-order valence-electron chi connectivity index (χ0n) is 8.50. The van der Waals surface area contributed by atoms with Crippen LogP contribution in [0.2, 0.25) is 5.02 Å². The Hall–Kier alpha value is -1.22. The molecular weight excluding hydrogens is 202 g/mol. The Balaban J connectivity index is 0.000000791. The minimum absolute atomic E-state index is 0.296. The Morgan fingerprint density at radius 2 is 2.00 bits per heavy atom. The number of nitrogens with two attached hydrogens (primary N) is 1. The number of nitrogen functional groups attached to an aromatic ring is 1. The second-order valence-electron chi connectivity index (χ2n) is 2.22. The molecule has 4 heteroatoms. The lowest BCUT2D eigenvalue weighted by Gasteiger charge is -2.02. The molecule has 0 heterocycles. The van der Waals surface area contributed by atoms with Crippen molar-refractivity contribution in [3.8, 4) is 0 Å². The van der Waals surface area contributed by atoms with Crippen LogP contribution >= 0.6 is 11.6 Å². The van der Waals surface area contributed by atoms with Gasteiger partial charge in [-0.3, -0.25) is 0 Å². The van der Waals surface area contributed by atoms with Gasteiger partial charge in [0.2, 0.25) is 0 Å². The third-order valence-electron chi connectivity index (χ3n) is 1.42. The van der Waals surface area contributed by atoms with Crippen LogP contribution in [0.3, 0.4) is 0 Å². The molecule has 0 saturated carbocycles. The molecule has 0 bridgehead atoms. The quantitative estimate of drug-likeness (QED) is 0.579. The number of ether oxygens (including phenoxy) is 1. The maximum absolute atomic E-state index is 11.0. The highest BCUT2D eigenvalue weighted by atomic mass is 35.5. The highest BCUT2D eigenvalue weighted by Gasteiger charge is 2.09. The van der Waals surface area contributed by atoms with Crippen LogP contribution in [0.15, 0.2) is 18.2 Å². The van der Waals surface area contributed by atoms with Gasteiger partial charge >= 0.3 is 5.97 Å². The average Bonchev–Trinajstić information content (AvgIpc) is 2.23. The number of methoxy groups -OCH3 is 1. The first-order valence-corrected chi connectivity index (χ1v) is 4.66. The van der Waals surface area contributed by atoms with Crippen LogP contribution in [-0.2, 0) is 4.74 Å². The van der Waals surface area contributed by atoms with E-state index in [1.807, 2.05) is 13.8 Å². The van der Waals surface area contributed by atoms with E-state index in [4.69, 9.17) is 17.3 Å². The molecule has 0 amide bonds. The van der Waals surface area contributed by atoms with Gasteiger partial charge in [-0.05, 0) is 18.2 Å². The monoisotopic (exact) mass is 215 g/mol. The number of anilines is 1. The molecule has 1 rings (SSSR count). The van der Waals surface area contributed by atoms with Gasteiger partial charge in [0.15, 0.2) is 0 Å². The summed E-state index contributed by atoms with van der Waals surface area (Å²) in [6, 6.07) is 4.65. The van der Waals surface area contributed by atoms with Gasteiger partial charge in [0, 0.05) is 10.7 Å². The molecule has 14 heavy (non-hydrogen) atoms. The second kappa shape index (κ2) is 6.27. The molecule has 0 saturated heterocycles. The molecule has 0 aromatic heterocycles. The fourth-order valence-electron chi connectivity index (χ4n) is 0.815. The van der Waals surface area contributed by atoms with Gasteiger partial charge in [-0.25, -0.2) is 4.79 Å². The van der Waals surface area contributed by atoms with E-state index in [9.17, 15) is 4.79 Å². The maximum atomic E-state index is 11.0. The largest absolute Gasteiger partial charge is 0.465 e. The number of carbonyl (C=O) groups excluding carboxylic acids is 1. The number of hydrogen-bond donors (Lipinski definition) is 1. The third-order valence-corrected chi connectivity index (χ3v) is 1.66. The van der Waals surface area contributed by atoms with Crippen molar-refractivity contribution in [1.29, 1.82) is 0 Å². The molecular formula is C10H14ClNO2. The van der Waals surface area contributed by atoms with Gasteiger partial charge in [-0.2, -0.15) is 0 Å². The summed E-state index contributed by atoms with van der Waals surface area (Å²) in [4.78, 5) is 11.0. The fraction of sp³-hybridized carbons (Fsp3) is 0.300. The lowest BCUT2D eigenvalue weighted by molar-refractivity contribution is 0.0602. The van der Waals surface area contributed by atoms with E-state index in [0.29, 0.717) is 16.3 Å². The standard InChI is InChI=1S/C8H8ClNO2.C2H6/c1-12-8(11)6-4-5(9)2-3-7(6)10;1-2/h2-4H,10H2,1H3;1-2H3. The Morgan fingerprint density at radius 3 is 2.50 bits per heavy atom. The predicted molar refractivity (Wildman–Crippen MR) is 58.6 cm³/mol. The van der Waals surface area contributed by atoms with E-state index >= 15 is 0 Å². The van der Waals surface area contributed by atoms with Crippen molar-refractivity contribution in [2.75, 3.05) is 12.8 Å². The van der Waals surface area contributed by atoms with Gasteiger partial charge in [-0.1, -0.05) is 25.4 Å². The van der Waals surface area contributed by atoms with Crippen molar-refractivity contribution >= 4 is 23.3 Å². The number of carbonyl (C=O) groups is 1. The number of esters is 1. The Kier molecular flexibility index (Phi) is 5.72. The molecule has 0 aliphatic rings. The summed E-state index contributed by atoms with van der Waals surface area (Å²) in [5, 5.41) is 0.463. The van der Waals surface area contributed by atoms with Crippen molar-refractivity contribution in [3.63, 3.8) is 0 Å². The predicted octanol–water partition coefficient (Wildman–Crippen LogP) is 2.74. The molecule has 0 fully saturated rings. The Bertz CT molecular complexity index is 313. The summed E-state index contributed by atoms with van der Waals surface area (Å²) in [6.45, 7) is 4.00.